The third kappa shape index (κ3) is 4.45. The first-order valence-corrected chi connectivity index (χ1v) is 11.2. The van der Waals surface area contributed by atoms with Crippen LogP contribution in [-0.2, 0) is 14.8 Å². The van der Waals surface area contributed by atoms with Gasteiger partial charge in [0.05, 0.1) is 10.6 Å². The maximum absolute atomic E-state index is 13.3. The number of fused-ring (bicyclic) bond motifs is 1. The van der Waals surface area contributed by atoms with Crippen LogP contribution in [0.15, 0.2) is 71.6 Å². The summed E-state index contributed by atoms with van der Waals surface area (Å²) >= 11 is 6.23. The number of carbonyl (C=O) groups is 1. The predicted octanol–water partition coefficient (Wildman–Crippen LogP) is 4.21. The second-order valence-corrected chi connectivity index (χ2v) is 9.14. The van der Waals surface area contributed by atoms with E-state index in [1.54, 1.807) is 48.5 Å². The van der Waals surface area contributed by atoms with E-state index in [0.717, 1.165) is 9.87 Å². The van der Waals surface area contributed by atoms with Gasteiger partial charge in [-0.05, 0) is 48.9 Å². The molecule has 0 fully saturated rings. The fourth-order valence-electron chi connectivity index (χ4n) is 3.08. The molecular weight excluding hydrogens is 440 g/mol. The van der Waals surface area contributed by atoms with Crippen molar-refractivity contribution in [1.29, 1.82) is 0 Å². The summed E-state index contributed by atoms with van der Waals surface area (Å²) in [6.07, 6.45) is 0. The lowest BCUT2D eigenvalue weighted by molar-refractivity contribution is -0.114. The zero-order valence-corrected chi connectivity index (χ0v) is 18.1. The molecule has 0 atom stereocenters. The summed E-state index contributed by atoms with van der Waals surface area (Å²) in [6.45, 7) is 1.49. The van der Waals surface area contributed by atoms with Crippen LogP contribution in [0.4, 0.5) is 11.4 Å². The van der Waals surface area contributed by atoms with Gasteiger partial charge in [0.2, 0.25) is 12.7 Å². The van der Waals surface area contributed by atoms with E-state index < -0.39 is 22.5 Å². The Morgan fingerprint density at radius 3 is 2.52 bits per heavy atom. The second kappa shape index (κ2) is 8.49. The van der Waals surface area contributed by atoms with Gasteiger partial charge in [-0.2, -0.15) is 0 Å². The number of amides is 1. The number of benzene rings is 3. The van der Waals surface area contributed by atoms with Crippen molar-refractivity contribution in [2.75, 3.05) is 23.0 Å². The predicted molar refractivity (Wildman–Crippen MR) is 118 cm³/mol. The molecule has 1 aliphatic rings. The van der Waals surface area contributed by atoms with Gasteiger partial charge in [-0.3, -0.25) is 9.10 Å². The van der Waals surface area contributed by atoms with E-state index in [-0.39, 0.29) is 11.7 Å². The Labute approximate surface area is 185 Å². The van der Waals surface area contributed by atoms with E-state index in [4.69, 9.17) is 21.1 Å². The van der Waals surface area contributed by atoms with Crippen LogP contribution in [0.25, 0.3) is 0 Å². The van der Waals surface area contributed by atoms with E-state index in [0.29, 0.717) is 27.9 Å². The zero-order valence-electron chi connectivity index (χ0n) is 16.5. The Balaban J connectivity index is 1.64. The summed E-state index contributed by atoms with van der Waals surface area (Å²) in [5, 5.41) is 3.11. The highest BCUT2D eigenvalue weighted by atomic mass is 35.5. The molecule has 4 rings (SSSR count). The Hall–Kier alpha value is -3.23. The van der Waals surface area contributed by atoms with Gasteiger partial charge in [0.25, 0.3) is 10.0 Å². The number of nitrogens with one attached hydrogen (secondary N) is 1. The van der Waals surface area contributed by atoms with Crippen LogP contribution in [0, 0.1) is 6.92 Å². The molecule has 3 aromatic carbocycles. The van der Waals surface area contributed by atoms with E-state index in [1.165, 1.54) is 18.2 Å². The largest absolute Gasteiger partial charge is 0.454 e. The molecule has 0 bridgehead atoms. The van der Waals surface area contributed by atoms with Crippen LogP contribution >= 0.6 is 11.6 Å². The molecule has 3 aromatic rings. The average molecular weight is 459 g/mol. The minimum absolute atomic E-state index is 0.0718. The molecule has 160 valence electrons. The Kier molecular flexibility index (Phi) is 5.75. The maximum Gasteiger partial charge on any atom is 0.264 e. The first kappa shape index (κ1) is 21.0. The van der Waals surface area contributed by atoms with Crippen molar-refractivity contribution in [2.45, 2.75) is 11.8 Å². The number of hydrogen-bond acceptors (Lipinski definition) is 5. The highest BCUT2D eigenvalue weighted by Crippen LogP contribution is 2.34. The van der Waals surface area contributed by atoms with Gasteiger partial charge in [-0.25, -0.2) is 8.42 Å². The highest BCUT2D eigenvalue weighted by Gasteiger charge is 2.27. The van der Waals surface area contributed by atoms with Crippen molar-refractivity contribution in [2.24, 2.45) is 0 Å². The molecule has 31 heavy (non-hydrogen) atoms. The minimum Gasteiger partial charge on any atom is -0.454 e. The summed E-state index contributed by atoms with van der Waals surface area (Å²) in [6, 6.07) is 17.8. The van der Waals surface area contributed by atoms with Crippen LogP contribution in [0.2, 0.25) is 5.02 Å². The van der Waals surface area contributed by atoms with Gasteiger partial charge in [0.1, 0.15) is 6.54 Å². The number of sulfonamides is 1. The lowest BCUT2D eigenvalue weighted by Crippen LogP contribution is -2.38. The molecule has 0 radical (unpaired) electrons. The van der Waals surface area contributed by atoms with Gasteiger partial charge in [-0.15, -0.1) is 0 Å². The number of ether oxygens (including phenoxy) is 2. The van der Waals surface area contributed by atoms with Crippen LogP contribution in [0.5, 0.6) is 11.5 Å². The molecule has 9 heteroatoms. The molecule has 0 saturated carbocycles. The van der Waals surface area contributed by atoms with Crippen molar-refractivity contribution >= 4 is 38.9 Å². The lowest BCUT2D eigenvalue weighted by Gasteiger charge is -2.24. The van der Waals surface area contributed by atoms with Gasteiger partial charge in [0.15, 0.2) is 11.5 Å². The molecule has 0 aliphatic carbocycles. The zero-order chi connectivity index (χ0) is 22.0. The minimum atomic E-state index is -4.01. The SMILES string of the molecule is Cc1ccc(N(CC(=O)Nc2ccc3c(c2)OCO3)S(=O)(=O)c2ccccc2)cc1Cl. The van der Waals surface area contributed by atoms with Crippen molar-refractivity contribution in [1.82, 2.24) is 0 Å². The third-order valence-electron chi connectivity index (χ3n) is 4.72. The quantitative estimate of drug-likeness (QED) is 0.598. The Morgan fingerprint density at radius 2 is 1.77 bits per heavy atom. The molecule has 7 nitrogen and oxygen atoms in total. The second-order valence-electron chi connectivity index (χ2n) is 6.87. The first-order valence-electron chi connectivity index (χ1n) is 9.38. The molecule has 0 unspecified atom stereocenters. The van der Waals surface area contributed by atoms with E-state index in [9.17, 15) is 13.2 Å². The normalized spacial score (nSPS) is 12.5. The molecule has 1 amide bonds. The highest BCUT2D eigenvalue weighted by molar-refractivity contribution is 7.92. The average Bonchev–Trinajstić information content (AvgIpc) is 3.22. The van der Waals surface area contributed by atoms with E-state index >= 15 is 0 Å². The molecular formula is C22H19ClN2O5S. The van der Waals surface area contributed by atoms with Crippen LogP contribution in [0.1, 0.15) is 5.56 Å². The molecule has 0 aromatic heterocycles. The van der Waals surface area contributed by atoms with Crippen molar-refractivity contribution < 1.29 is 22.7 Å². The number of carbonyl (C=O) groups excluding carboxylic acids is 1. The van der Waals surface area contributed by atoms with Crippen molar-refractivity contribution in [3.8, 4) is 11.5 Å². The molecule has 0 spiro atoms. The summed E-state index contributed by atoms with van der Waals surface area (Å²) in [5.74, 6) is 0.576. The standard InChI is InChI=1S/C22H19ClN2O5S/c1-15-7-9-17(12-19(15)23)25(31(27,28)18-5-3-2-4-6-18)13-22(26)24-16-8-10-20-21(11-16)30-14-29-20/h2-12H,13-14H2,1H3,(H,24,26). The summed E-state index contributed by atoms with van der Waals surface area (Å²) < 4.78 is 38.3. The van der Waals surface area contributed by atoms with Gasteiger partial charge < -0.3 is 14.8 Å². The number of nitrogens with zero attached hydrogens (tertiary/aromatic N) is 1. The fourth-order valence-corrected chi connectivity index (χ4v) is 4.69. The van der Waals surface area contributed by atoms with E-state index in [2.05, 4.69) is 5.32 Å². The lowest BCUT2D eigenvalue weighted by atomic mass is 10.2. The number of halogens is 1. The summed E-state index contributed by atoms with van der Waals surface area (Å²) in [5.41, 5.74) is 1.56. The topological polar surface area (TPSA) is 84.9 Å². The van der Waals surface area contributed by atoms with Gasteiger partial charge in [-0.1, -0.05) is 35.9 Å². The maximum atomic E-state index is 13.3. The summed E-state index contributed by atoms with van der Waals surface area (Å²) in [7, 11) is -4.01. The third-order valence-corrected chi connectivity index (χ3v) is 6.91. The number of aryl methyl sites for hydroxylation is 1. The van der Waals surface area contributed by atoms with Gasteiger partial charge >= 0.3 is 0 Å². The number of rotatable bonds is 6. The molecule has 1 aliphatic heterocycles. The molecule has 1 heterocycles. The number of anilines is 2. The molecule has 1 N–H and O–H groups in total. The van der Waals surface area contributed by atoms with Crippen molar-refractivity contribution in [3.63, 3.8) is 0 Å². The van der Waals surface area contributed by atoms with Gasteiger partial charge in [0, 0.05) is 16.8 Å². The van der Waals surface area contributed by atoms with Crippen LogP contribution < -0.4 is 19.1 Å². The van der Waals surface area contributed by atoms with Crippen LogP contribution in [-0.4, -0.2) is 27.7 Å². The first-order chi connectivity index (χ1) is 14.8. The van der Waals surface area contributed by atoms with Crippen LogP contribution in [0.3, 0.4) is 0 Å². The Bertz CT molecular complexity index is 1230. The fraction of sp³-hybridized carbons (Fsp3) is 0.136. The Morgan fingerprint density at radius 1 is 1.03 bits per heavy atom. The smallest absolute Gasteiger partial charge is 0.264 e. The van der Waals surface area contributed by atoms with Crippen molar-refractivity contribution in [3.05, 3.63) is 77.3 Å². The monoisotopic (exact) mass is 458 g/mol. The molecule has 0 saturated heterocycles. The number of hydrogen-bond donors (Lipinski definition) is 1. The summed E-state index contributed by atoms with van der Waals surface area (Å²) in [4.78, 5) is 12.9. The van der Waals surface area contributed by atoms with E-state index in [1.807, 2.05) is 6.92 Å².